The van der Waals surface area contributed by atoms with Gasteiger partial charge < -0.3 is 16.6 Å². The number of phenolic OH excluding ortho intramolecular Hbond substituents is 1. The van der Waals surface area contributed by atoms with Crippen molar-refractivity contribution in [3.05, 3.63) is 17.2 Å². The van der Waals surface area contributed by atoms with Crippen molar-refractivity contribution in [1.29, 1.82) is 0 Å². The first-order valence-corrected chi connectivity index (χ1v) is 4.63. The van der Waals surface area contributed by atoms with Crippen molar-refractivity contribution < 1.29 is 5.11 Å². The molecule has 0 aliphatic rings. The molecule has 1 rings (SSSR count). The van der Waals surface area contributed by atoms with E-state index < -0.39 is 0 Å². The highest BCUT2D eigenvalue weighted by molar-refractivity contribution is 5.71. The first-order chi connectivity index (χ1) is 6.25. The standard InChI is InChI=1S/C11H18N2O/c1-6-8(12)5-7(11(2,3)4)10(14)9(6)13/h5,14H,12-13H2,1-4H3. The minimum atomic E-state index is -0.153. The van der Waals surface area contributed by atoms with E-state index in [0.717, 1.165) is 11.1 Å². The van der Waals surface area contributed by atoms with Crippen LogP contribution in [0.2, 0.25) is 0 Å². The van der Waals surface area contributed by atoms with Gasteiger partial charge in [0.25, 0.3) is 0 Å². The number of hydrogen-bond donors (Lipinski definition) is 3. The summed E-state index contributed by atoms with van der Waals surface area (Å²) in [5.74, 6) is 0.157. The van der Waals surface area contributed by atoms with Crippen LogP contribution in [0.15, 0.2) is 6.07 Å². The van der Waals surface area contributed by atoms with Gasteiger partial charge in [0.1, 0.15) is 5.75 Å². The van der Waals surface area contributed by atoms with Crippen molar-refractivity contribution in [3.63, 3.8) is 0 Å². The maximum atomic E-state index is 9.86. The predicted molar refractivity (Wildman–Crippen MR) is 60.4 cm³/mol. The Bertz CT molecular complexity index is 365. The molecule has 3 nitrogen and oxygen atoms in total. The highest BCUT2D eigenvalue weighted by Gasteiger charge is 2.21. The molecule has 0 aromatic heterocycles. The minimum Gasteiger partial charge on any atom is -0.505 e. The summed E-state index contributed by atoms with van der Waals surface area (Å²) in [7, 11) is 0. The Morgan fingerprint density at radius 2 is 1.71 bits per heavy atom. The third-order valence-corrected chi connectivity index (χ3v) is 2.46. The summed E-state index contributed by atoms with van der Waals surface area (Å²) in [5, 5.41) is 9.86. The molecule has 1 aromatic carbocycles. The van der Waals surface area contributed by atoms with E-state index >= 15 is 0 Å². The molecule has 0 unspecified atom stereocenters. The zero-order valence-corrected chi connectivity index (χ0v) is 9.18. The van der Waals surface area contributed by atoms with Gasteiger partial charge in [-0.2, -0.15) is 0 Å². The highest BCUT2D eigenvalue weighted by Crippen LogP contribution is 2.39. The van der Waals surface area contributed by atoms with E-state index in [-0.39, 0.29) is 11.2 Å². The van der Waals surface area contributed by atoms with Crippen LogP contribution < -0.4 is 11.5 Å². The fourth-order valence-electron chi connectivity index (χ4n) is 1.38. The molecule has 1 aromatic rings. The topological polar surface area (TPSA) is 72.3 Å². The van der Waals surface area contributed by atoms with Crippen molar-refractivity contribution >= 4 is 11.4 Å². The van der Waals surface area contributed by atoms with E-state index in [1.165, 1.54) is 0 Å². The molecule has 0 radical (unpaired) electrons. The molecule has 0 heterocycles. The Labute approximate surface area is 84.7 Å². The lowest BCUT2D eigenvalue weighted by atomic mass is 9.85. The molecular formula is C11H18N2O. The lowest BCUT2D eigenvalue weighted by Crippen LogP contribution is -2.13. The van der Waals surface area contributed by atoms with Gasteiger partial charge in [0, 0.05) is 11.3 Å². The molecule has 0 bridgehead atoms. The van der Waals surface area contributed by atoms with E-state index in [9.17, 15) is 5.11 Å². The Morgan fingerprint density at radius 3 is 2.14 bits per heavy atom. The molecule has 3 heteroatoms. The van der Waals surface area contributed by atoms with E-state index in [1.807, 2.05) is 20.8 Å². The lowest BCUT2D eigenvalue weighted by molar-refractivity contribution is 0.449. The summed E-state index contributed by atoms with van der Waals surface area (Å²) in [6.45, 7) is 7.83. The molecule has 0 spiro atoms. The first-order valence-electron chi connectivity index (χ1n) is 4.63. The number of aromatic hydroxyl groups is 1. The van der Waals surface area contributed by atoms with Gasteiger partial charge in [-0.1, -0.05) is 20.8 Å². The third-order valence-electron chi connectivity index (χ3n) is 2.46. The molecule has 0 aliphatic heterocycles. The quantitative estimate of drug-likeness (QED) is 0.336. The summed E-state index contributed by atoms with van der Waals surface area (Å²) < 4.78 is 0. The number of phenols is 1. The van der Waals surface area contributed by atoms with Crippen LogP contribution in [-0.2, 0) is 5.41 Å². The molecule has 0 saturated heterocycles. The van der Waals surface area contributed by atoms with Crippen LogP contribution in [0.1, 0.15) is 31.9 Å². The second-order valence-electron chi connectivity index (χ2n) is 4.65. The average Bonchev–Trinajstić information content (AvgIpc) is 2.06. The van der Waals surface area contributed by atoms with E-state index in [1.54, 1.807) is 13.0 Å². The predicted octanol–water partition coefficient (Wildman–Crippen LogP) is 2.16. The van der Waals surface area contributed by atoms with Gasteiger partial charge in [0.05, 0.1) is 5.69 Å². The van der Waals surface area contributed by atoms with Crippen LogP contribution in [0.5, 0.6) is 5.75 Å². The summed E-state index contributed by atoms with van der Waals surface area (Å²) in [5.41, 5.74) is 13.9. The number of nitrogen functional groups attached to an aromatic ring is 2. The molecule has 0 atom stereocenters. The summed E-state index contributed by atoms with van der Waals surface area (Å²) in [6.07, 6.45) is 0. The Morgan fingerprint density at radius 1 is 1.21 bits per heavy atom. The second kappa shape index (κ2) is 3.08. The number of rotatable bonds is 0. The molecule has 0 saturated carbocycles. The van der Waals surface area contributed by atoms with E-state index in [0.29, 0.717) is 11.4 Å². The summed E-state index contributed by atoms with van der Waals surface area (Å²) in [6, 6.07) is 1.79. The smallest absolute Gasteiger partial charge is 0.142 e. The average molecular weight is 194 g/mol. The van der Waals surface area contributed by atoms with Gasteiger partial charge in [-0.3, -0.25) is 0 Å². The highest BCUT2D eigenvalue weighted by atomic mass is 16.3. The Hall–Kier alpha value is -1.38. The van der Waals surface area contributed by atoms with Gasteiger partial charge in [0.15, 0.2) is 0 Å². The van der Waals surface area contributed by atoms with Crippen LogP contribution >= 0.6 is 0 Å². The fourth-order valence-corrected chi connectivity index (χ4v) is 1.38. The van der Waals surface area contributed by atoms with Crippen molar-refractivity contribution in [3.8, 4) is 5.75 Å². The minimum absolute atomic E-state index is 0.153. The SMILES string of the molecule is Cc1c(N)cc(C(C)(C)C)c(O)c1N. The van der Waals surface area contributed by atoms with Gasteiger partial charge >= 0.3 is 0 Å². The maximum absolute atomic E-state index is 9.86. The van der Waals surface area contributed by atoms with Crippen LogP contribution in [0.4, 0.5) is 11.4 Å². The molecule has 0 amide bonds. The number of benzene rings is 1. The molecule has 78 valence electrons. The fraction of sp³-hybridized carbons (Fsp3) is 0.455. The van der Waals surface area contributed by atoms with Crippen LogP contribution in [0, 0.1) is 6.92 Å². The largest absolute Gasteiger partial charge is 0.505 e. The van der Waals surface area contributed by atoms with Crippen LogP contribution in [-0.4, -0.2) is 5.11 Å². The zero-order chi connectivity index (χ0) is 11.1. The number of anilines is 2. The van der Waals surface area contributed by atoms with E-state index in [4.69, 9.17) is 11.5 Å². The van der Waals surface area contributed by atoms with Gasteiger partial charge in [0.2, 0.25) is 0 Å². The number of nitrogens with two attached hydrogens (primary N) is 2. The van der Waals surface area contributed by atoms with Crippen molar-refractivity contribution in [2.24, 2.45) is 0 Å². The zero-order valence-electron chi connectivity index (χ0n) is 9.18. The molecule has 5 N–H and O–H groups in total. The summed E-state index contributed by atoms with van der Waals surface area (Å²) >= 11 is 0. The molecule has 0 fully saturated rings. The Kier molecular flexibility index (Phi) is 2.36. The maximum Gasteiger partial charge on any atom is 0.142 e. The van der Waals surface area contributed by atoms with Gasteiger partial charge in [-0.15, -0.1) is 0 Å². The molecule has 14 heavy (non-hydrogen) atoms. The van der Waals surface area contributed by atoms with Crippen molar-refractivity contribution in [1.82, 2.24) is 0 Å². The Balaban J connectivity index is 3.49. The second-order valence-corrected chi connectivity index (χ2v) is 4.65. The third kappa shape index (κ3) is 1.62. The first kappa shape index (κ1) is 10.7. The monoisotopic (exact) mass is 194 g/mol. The van der Waals surface area contributed by atoms with Crippen molar-refractivity contribution in [2.75, 3.05) is 11.5 Å². The normalized spacial score (nSPS) is 11.7. The molecule has 0 aliphatic carbocycles. The van der Waals surface area contributed by atoms with Crippen LogP contribution in [0.3, 0.4) is 0 Å². The molecular weight excluding hydrogens is 176 g/mol. The van der Waals surface area contributed by atoms with E-state index in [2.05, 4.69) is 0 Å². The lowest BCUT2D eigenvalue weighted by Gasteiger charge is -2.23. The summed E-state index contributed by atoms with van der Waals surface area (Å²) in [4.78, 5) is 0. The number of hydrogen-bond acceptors (Lipinski definition) is 3. The van der Waals surface area contributed by atoms with Gasteiger partial charge in [-0.05, 0) is 24.0 Å². The van der Waals surface area contributed by atoms with Gasteiger partial charge in [-0.25, -0.2) is 0 Å². The van der Waals surface area contributed by atoms with Crippen molar-refractivity contribution in [2.45, 2.75) is 33.1 Å². The van der Waals surface area contributed by atoms with Crippen LogP contribution in [0.25, 0.3) is 0 Å².